The summed E-state index contributed by atoms with van der Waals surface area (Å²) in [5.74, 6) is 0. The predicted molar refractivity (Wildman–Crippen MR) is 142 cm³/mol. The van der Waals surface area contributed by atoms with Crippen LogP contribution in [0.5, 0.6) is 0 Å². The maximum atomic E-state index is 6.07. The molecule has 6 aromatic rings. The minimum absolute atomic E-state index is 0.819. The average molecular weight is 429 g/mol. The summed E-state index contributed by atoms with van der Waals surface area (Å²) in [5.41, 5.74) is 32.2. The van der Waals surface area contributed by atoms with Crippen molar-refractivity contribution in [1.29, 1.82) is 0 Å². The molecular formula is C29H24N4. The molecule has 0 saturated heterocycles. The second kappa shape index (κ2) is 7.04. The zero-order valence-electron chi connectivity index (χ0n) is 18.1. The molecule has 0 radical (unpaired) electrons. The van der Waals surface area contributed by atoms with Gasteiger partial charge in [0.1, 0.15) is 0 Å². The van der Waals surface area contributed by atoms with Gasteiger partial charge in [-0.25, -0.2) is 0 Å². The summed E-state index contributed by atoms with van der Waals surface area (Å²) in [4.78, 5) is 0. The van der Waals surface area contributed by atoms with E-state index in [4.69, 9.17) is 22.9 Å². The van der Waals surface area contributed by atoms with Gasteiger partial charge in [-0.2, -0.15) is 0 Å². The largest absolute Gasteiger partial charge is 0.399 e. The van der Waals surface area contributed by atoms with Gasteiger partial charge in [-0.1, -0.05) is 48.5 Å². The fourth-order valence-electron chi connectivity index (χ4n) is 5.10. The average Bonchev–Trinajstić information content (AvgIpc) is 3.16. The fourth-order valence-corrected chi connectivity index (χ4v) is 5.10. The molecule has 6 aromatic carbocycles. The van der Waals surface area contributed by atoms with Gasteiger partial charge in [0.25, 0.3) is 0 Å². The van der Waals surface area contributed by atoms with E-state index in [1.807, 2.05) is 36.4 Å². The van der Waals surface area contributed by atoms with Gasteiger partial charge in [-0.3, -0.25) is 0 Å². The highest BCUT2D eigenvalue weighted by Gasteiger charge is 2.18. The van der Waals surface area contributed by atoms with Crippen molar-refractivity contribution in [2.45, 2.75) is 6.42 Å². The number of nitrogen functional groups attached to an aromatic ring is 4. The van der Waals surface area contributed by atoms with E-state index in [1.54, 1.807) is 0 Å². The topological polar surface area (TPSA) is 104 Å². The number of fused-ring (bicyclic) bond motifs is 3. The summed E-state index contributed by atoms with van der Waals surface area (Å²) in [5, 5.41) is 7.08. The molecule has 0 spiro atoms. The Morgan fingerprint density at radius 2 is 0.879 bits per heavy atom. The minimum atomic E-state index is 0.819. The quantitative estimate of drug-likeness (QED) is 0.171. The Kier molecular flexibility index (Phi) is 4.11. The molecular weight excluding hydrogens is 404 g/mol. The molecule has 0 aromatic heterocycles. The standard InChI is InChI=1S/C16H12N2.C13H12N2/c17-13-7-3-9-1-2-10-4-8-14(18)12-6-5-11(13)15(9)16(10)12;14-10-1-3-12-8(6-10)5-9-7-11(15)2-4-13(9)12/h1-8H,17-18H2;1-4,6-7H,5,14-15H2. The van der Waals surface area contributed by atoms with Crippen LogP contribution in [0.1, 0.15) is 11.1 Å². The van der Waals surface area contributed by atoms with Gasteiger partial charge < -0.3 is 22.9 Å². The molecule has 4 nitrogen and oxygen atoms in total. The van der Waals surface area contributed by atoms with Crippen LogP contribution in [0.2, 0.25) is 0 Å². The van der Waals surface area contributed by atoms with Gasteiger partial charge in [-0.15, -0.1) is 0 Å². The highest BCUT2D eigenvalue weighted by atomic mass is 14.6. The van der Waals surface area contributed by atoms with E-state index in [0.29, 0.717) is 0 Å². The van der Waals surface area contributed by atoms with Gasteiger partial charge in [-0.05, 0) is 86.6 Å². The van der Waals surface area contributed by atoms with Crippen LogP contribution in [-0.2, 0) is 6.42 Å². The van der Waals surface area contributed by atoms with Crippen LogP contribution in [0.4, 0.5) is 22.7 Å². The maximum Gasteiger partial charge on any atom is 0.0394 e. The molecule has 160 valence electrons. The lowest BCUT2D eigenvalue weighted by molar-refractivity contribution is 1.27. The smallest absolute Gasteiger partial charge is 0.0394 e. The SMILES string of the molecule is Nc1ccc2c(c1)Cc1cc(N)ccc1-2.Nc1ccc2ccc3ccc(N)c4ccc1c2c34. The van der Waals surface area contributed by atoms with Gasteiger partial charge in [0.05, 0.1) is 0 Å². The highest BCUT2D eigenvalue weighted by Crippen LogP contribution is 2.39. The first kappa shape index (κ1) is 19.3. The third-order valence-corrected chi connectivity index (χ3v) is 6.66. The lowest BCUT2D eigenvalue weighted by Gasteiger charge is -2.13. The Bertz CT molecular complexity index is 1560. The summed E-state index contributed by atoms with van der Waals surface area (Å²) in [6.45, 7) is 0. The zero-order chi connectivity index (χ0) is 22.7. The fraction of sp³-hybridized carbons (Fsp3) is 0.0345. The second-order valence-corrected chi connectivity index (χ2v) is 8.74. The van der Waals surface area contributed by atoms with E-state index in [0.717, 1.165) is 39.9 Å². The monoisotopic (exact) mass is 428 g/mol. The molecule has 0 unspecified atom stereocenters. The molecule has 0 heterocycles. The van der Waals surface area contributed by atoms with Crippen LogP contribution in [0, 0.1) is 0 Å². The van der Waals surface area contributed by atoms with Crippen LogP contribution in [0.3, 0.4) is 0 Å². The van der Waals surface area contributed by atoms with Gasteiger partial charge in [0.15, 0.2) is 0 Å². The second-order valence-electron chi connectivity index (χ2n) is 8.74. The van der Waals surface area contributed by atoms with Gasteiger partial charge >= 0.3 is 0 Å². The van der Waals surface area contributed by atoms with E-state index in [2.05, 4.69) is 48.5 Å². The van der Waals surface area contributed by atoms with Crippen molar-refractivity contribution in [3.63, 3.8) is 0 Å². The first-order valence-electron chi connectivity index (χ1n) is 11.0. The van der Waals surface area contributed by atoms with Crippen LogP contribution < -0.4 is 22.9 Å². The van der Waals surface area contributed by atoms with Crippen LogP contribution in [-0.4, -0.2) is 0 Å². The number of hydrogen-bond donors (Lipinski definition) is 4. The van der Waals surface area contributed by atoms with Crippen LogP contribution >= 0.6 is 0 Å². The molecule has 1 aliphatic carbocycles. The zero-order valence-corrected chi connectivity index (χ0v) is 18.1. The molecule has 4 heteroatoms. The van der Waals surface area contributed by atoms with Crippen molar-refractivity contribution in [3.8, 4) is 11.1 Å². The molecule has 0 atom stereocenters. The van der Waals surface area contributed by atoms with E-state index in [-0.39, 0.29) is 0 Å². The minimum Gasteiger partial charge on any atom is -0.399 e. The van der Waals surface area contributed by atoms with Crippen molar-refractivity contribution in [1.82, 2.24) is 0 Å². The Balaban J connectivity index is 0.000000127. The van der Waals surface area contributed by atoms with Crippen LogP contribution in [0.15, 0.2) is 84.9 Å². The predicted octanol–water partition coefficient (Wildman–Crippen LogP) is 6.17. The van der Waals surface area contributed by atoms with Gasteiger partial charge in [0.2, 0.25) is 0 Å². The number of benzene rings is 6. The molecule has 0 amide bonds. The van der Waals surface area contributed by atoms with Crippen molar-refractivity contribution >= 4 is 55.1 Å². The molecule has 0 saturated carbocycles. The van der Waals surface area contributed by atoms with E-state index >= 15 is 0 Å². The lowest BCUT2D eigenvalue weighted by atomic mass is 9.93. The van der Waals surface area contributed by atoms with Crippen molar-refractivity contribution in [3.05, 3.63) is 96.1 Å². The summed E-state index contributed by atoms with van der Waals surface area (Å²) in [7, 11) is 0. The van der Waals surface area contributed by atoms with Crippen molar-refractivity contribution < 1.29 is 0 Å². The first-order chi connectivity index (χ1) is 16.0. The van der Waals surface area contributed by atoms with Crippen molar-refractivity contribution in [2.75, 3.05) is 22.9 Å². The summed E-state index contributed by atoms with van der Waals surface area (Å²) in [6, 6.07) is 28.6. The van der Waals surface area contributed by atoms with Gasteiger partial charge in [0, 0.05) is 33.5 Å². The van der Waals surface area contributed by atoms with E-state index < -0.39 is 0 Å². The van der Waals surface area contributed by atoms with E-state index in [9.17, 15) is 0 Å². The summed E-state index contributed by atoms with van der Waals surface area (Å²) >= 11 is 0. The number of nitrogens with two attached hydrogens (primary N) is 4. The number of rotatable bonds is 0. The summed E-state index contributed by atoms with van der Waals surface area (Å²) in [6.07, 6.45) is 0.945. The Labute approximate surface area is 191 Å². The van der Waals surface area contributed by atoms with Crippen molar-refractivity contribution in [2.24, 2.45) is 0 Å². The molecule has 1 aliphatic rings. The lowest BCUT2D eigenvalue weighted by Crippen LogP contribution is -1.92. The third kappa shape index (κ3) is 2.99. The molecule has 7 rings (SSSR count). The third-order valence-electron chi connectivity index (χ3n) is 6.66. The molecule has 0 aliphatic heterocycles. The van der Waals surface area contributed by atoms with E-state index in [1.165, 1.54) is 43.8 Å². The first-order valence-corrected chi connectivity index (χ1v) is 11.0. The highest BCUT2D eigenvalue weighted by molar-refractivity contribution is 6.26. The normalized spacial score (nSPS) is 12.0. The van der Waals surface area contributed by atoms with Crippen LogP contribution in [0.25, 0.3) is 43.4 Å². The Morgan fingerprint density at radius 1 is 0.455 bits per heavy atom. The molecule has 0 fully saturated rings. The maximum absolute atomic E-state index is 6.07. The number of anilines is 4. The molecule has 8 N–H and O–H groups in total. The Morgan fingerprint density at radius 3 is 1.33 bits per heavy atom. The Hall–Kier alpha value is -4.44. The summed E-state index contributed by atoms with van der Waals surface area (Å²) < 4.78 is 0. The number of hydrogen-bond acceptors (Lipinski definition) is 4. The molecule has 33 heavy (non-hydrogen) atoms. The molecule has 0 bridgehead atoms.